The number of pyridine rings is 1. The summed E-state index contributed by atoms with van der Waals surface area (Å²) in [6.45, 7) is 1.21. The first kappa shape index (κ1) is 16.1. The van der Waals surface area contributed by atoms with Gasteiger partial charge in [-0.25, -0.2) is 0 Å². The first-order valence-corrected chi connectivity index (χ1v) is 8.03. The standard InChI is InChI=1S/C18H20N4O2/c23-17(12-20-10-13-3-4-13)21-15-7-5-14(6-8-15)18(24)22-16-2-1-9-19-11-16/h1-2,5-9,11,13,20H,3-4,10,12H2,(H,21,23)(H,22,24). The van der Waals surface area contributed by atoms with Crippen LogP contribution in [0.5, 0.6) is 0 Å². The molecule has 1 aliphatic carbocycles. The number of benzene rings is 1. The van der Waals surface area contributed by atoms with Crippen molar-refractivity contribution in [3.63, 3.8) is 0 Å². The van der Waals surface area contributed by atoms with Gasteiger partial charge in [0.15, 0.2) is 0 Å². The maximum atomic E-state index is 12.1. The van der Waals surface area contributed by atoms with Gasteiger partial charge in [0.2, 0.25) is 5.91 Å². The summed E-state index contributed by atoms with van der Waals surface area (Å²) < 4.78 is 0. The van der Waals surface area contributed by atoms with E-state index >= 15 is 0 Å². The summed E-state index contributed by atoms with van der Waals surface area (Å²) in [5.74, 6) is 0.450. The lowest BCUT2D eigenvalue weighted by Gasteiger charge is -2.08. The van der Waals surface area contributed by atoms with Crippen molar-refractivity contribution in [2.75, 3.05) is 23.7 Å². The van der Waals surface area contributed by atoms with E-state index in [1.54, 1.807) is 48.8 Å². The van der Waals surface area contributed by atoms with Crippen molar-refractivity contribution in [3.05, 3.63) is 54.4 Å². The van der Waals surface area contributed by atoms with Crippen LogP contribution in [0.25, 0.3) is 0 Å². The highest BCUT2D eigenvalue weighted by Crippen LogP contribution is 2.27. The molecule has 1 aromatic carbocycles. The number of rotatable bonds is 7. The minimum absolute atomic E-state index is 0.0804. The molecule has 2 amide bonds. The first-order chi connectivity index (χ1) is 11.7. The normalized spacial score (nSPS) is 13.3. The van der Waals surface area contributed by atoms with Crippen molar-refractivity contribution in [1.82, 2.24) is 10.3 Å². The number of hydrogen-bond donors (Lipinski definition) is 3. The van der Waals surface area contributed by atoms with E-state index < -0.39 is 0 Å². The number of hydrogen-bond acceptors (Lipinski definition) is 4. The summed E-state index contributed by atoms with van der Waals surface area (Å²) in [5, 5.41) is 8.71. The summed E-state index contributed by atoms with van der Waals surface area (Å²) in [7, 11) is 0. The lowest BCUT2D eigenvalue weighted by molar-refractivity contribution is -0.115. The van der Waals surface area contributed by atoms with Crippen LogP contribution in [0, 0.1) is 5.92 Å². The second-order valence-electron chi connectivity index (χ2n) is 5.90. The fourth-order valence-electron chi connectivity index (χ4n) is 2.26. The van der Waals surface area contributed by atoms with Crippen LogP contribution in [0.4, 0.5) is 11.4 Å². The van der Waals surface area contributed by atoms with Gasteiger partial charge in [-0.2, -0.15) is 0 Å². The summed E-state index contributed by atoms with van der Waals surface area (Å²) in [6.07, 6.45) is 5.75. The van der Waals surface area contributed by atoms with Gasteiger partial charge < -0.3 is 16.0 Å². The molecule has 1 aromatic heterocycles. The van der Waals surface area contributed by atoms with Crippen LogP contribution in [0.3, 0.4) is 0 Å². The molecule has 1 heterocycles. The predicted molar refractivity (Wildman–Crippen MR) is 92.9 cm³/mol. The Hall–Kier alpha value is -2.73. The number of nitrogens with one attached hydrogen (secondary N) is 3. The molecule has 2 aromatic rings. The highest BCUT2D eigenvalue weighted by atomic mass is 16.2. The molecule has 0 spiro atoms. The van der Waals surface area contributed by atoms with Crippen molar-refractivity contribution >= 4 is 23.2 Å². The van der Waals surface area contributed by atoms with Crippen LogP contribution < -0.4 is 16.0 Å². The van der Waals surface area contributed by atoms with Gasteiger partial charge in [0.1, 0.15) is 0 Å². The minimum atomic E-state index is -0.216. The fourth-order valence-corrected chi connectivity index (χ4v) is 2.26. The predicted octanol–water partition coefficient (Wildman–Crippen LogP) is 2.27. The van der Waals surface area contributed by atoms with E-state index in [2.05, 4.69) is 20.9 Å². The average Bonchev–Trinajstić information content (AvgIpc) is 3.41. The number of carbonyl (C=O) groups excluding carboxylic acids is 2. The van der Waals surface area contributed by atoms with Gasteiger partial charge in [0, 0.05) is 17.4 Å². The maximum absolute atomic E-state index is 12.1. The molecule has 124 valence electrons. The minimum Gasteiger partial charge on any atom is -0.325 e. The van der Waals surface area contributed by atoms with E-state index in [0.717, 1.165) is 12.5 Å². The Kier molecular flexibility index (Phi) is 5.18. The van der Waals surface area contributed by atoms with Crippen molar-refractivity contribution in [3.8, 4) is 0 Å². The zero-order valence-corrected chi connectivity index (χ0v) is 13.3. The SMILES string of the molecule is O=C(CNCC1CC1)Nc1ccc(C(=O)Nc2cccnc2)cc1. The largest absolute Gasteiger partial charge is 0.325 e. The highest BCUT2D eigenvalue weighted by molar-refractivity contribution is 6.04. The van der Waals surface area contributed by atoms with Crippen LogP contribution in [-0.2, 0) is 4.79 Å². The monoisotopic (exact) mass is 324 g/mol. The molecule has 1 aliphatic rings. The molecule has 24 heavy (non-hydrogen) atoms. The van der Waals surface area contributed by atoms with E-state index in [9.17, 15) is 9.59 Å². The van der Waals surface area contributed by atoms with Gasteiger partial charge in [-0.3, -0.25) is 14.6 Å². The average molecular weight is 324 g/mol. The molecule has 3 N–H and O–H groups in total. The van der Waals surface area contributed by atoms with Gasteiger partial charge in [0.25, 0.3) is 5.91 Å². The molecule has 0 aliphatic heterocycles. The molecule has 1 fully saturated rings. The molecule has 6 nitrogen and oxygen atoms in total. The van der Waals surface area contributed by atoms with Crippen LogP contribution in [0.2, 0.25) is 0 Å². The molecule has 6 heteroatoms. The third-order valence-electron chi connectivity index (χ3n) is 3.77. The van der Waals surface area contributed by atoms with Crippen molar-refractivity contribution in [1.29, 1.82) is 0 Å². The lowest BCUT2D eigenvalue weighted by Crippen LogP contribution is -2.29. The molecule has 1 saturated carbocycles. The smallest absolute Gasteiger partial charge is 0.255 e. The van der Waals surface area contributed by atoms with Gasteiger partial charge >= 0.3 is 0 Å². The van der Waals surface area contributed by atoms with Gasteiger partial charge in [-0.05, 0) is 61.7 Å². The molecule has 3 rings (SSSR count). The number of carbonyl (C=O) groups is 2. The van der Waals surface area contributed by atoms with Crippen LogP contribution in [-0.4, -0.2) is 29.9 Å². The van der Waals surface area contributed by atoms with Gasteiger partial charge in [0.05, 0.1) is 18.4 Å². The molecule has 0 bridgehead atoms. The molecular formula is C18H20N4O2. The Balaban J connectivity index is 1.48. The Labute approximate surface area is 140 Å². The van der Waals surface area contributed by atoms with Crippen molar-refractivity contribution in [2.45, 2.75) is 12.8 Å². The third kappa shape index (κ3) is 4.89. The second kappa shape index (κ2) is 7.70. The fraction of sp³-hybridized carbons (Fsp3) is 0.278. The zero-order valence-electron chi connectivity index (χ0n) is 13.3. The van der Waals surface area contributed by atoms with E-state index in [0.29, 0.717) is 23.5 Å². The number of aromatic nitrogens is 1. The van der Waals surface area contributed by atoms with Gasteiger partial charge in [-0.1, -0.05) is 0 Å². The maximum Gasteiger partial charge on any atom is 0.255 e. The van der Waals surface area contributed by atoms with Gasteiger partial charge in [-0.15, -0.1) is 0 Å². The van der Waals surface area contributed by atoms with E-state index in [-0.39, 0.29) is 11.8 Å². The Morgan fingerprint density at radius 3 is 2.50 bits per heavy atom. The Morgan fingerprint density at radius 2 is 1.83 bits per heavy atom. The Bertz CT molecular complexity index is 697. The second-order valence-corrected chi connectivity index (χ2v) is 5.90. The van der Waals surface area contributed by atoms with Crippen LogP contribution in [0.1, 0.15) is 23.2 Å². The van der Waals surface area contributed by atoms with E-state index in [1.165, 1.54) is 12.8 Å². The zero-order chi connectivity index (χ0) is 16.8. The summed E-state index contributed by atoms with van der Waals surface area (Å²) in [6, 6.07) is 10.3. The molecular weight excluding hydrogens is 304 g/mol. The van der Waals surface area contributed by atoms with Crippen LogP contribution in [0.15, 0.2) is 48.8 Å². The summed E-state index contributed by atoms with van der Waals surface area (Å²) in [4.78, 5) is 27.9. The topological polar surface area (TPSA) is 83.1 Å². The highest BCUT2D eigenvalue weighted by Gasteiger charge is 2.20. The van der Waals surface area contributed by atoms with Crippen molar-refractivity contribution in [2.24, 2.45) is 5.92 Å². The van der Waals surface area contributed by atoms with Crippen LogP contribution >= 0.6 is 0 Å². The Morgan fingerprint density at radius 1 is 1.04 bits per heavy atom. The summed E-state index contributed by atoms with van der Waals surface area (Å²) in [5.41, 5.74) is 1.83. The molecule has 0 unspecified atom stereocenters. The van der Waals surface area contributed by atoms with E-state index in [1.807, 2.05) is 0 Å². The molecule has 0 atom stereocenters. The number of anilines is 2. The number of nitrogens with zero attached hydrogens (tertiary/aromatic N) is 1. The quantitative estimate of drug-likeness (QED) is 0.729. The molecule has 0 radical (unpaired) electrons. The van der Waals surface area contributed by atoms with Crippen molar-refractivity contribution < 1.29 is 9.59 Å². The molecule has 0 saturated heterocycles. The number of amides is 2. The first-order valence-electron chi connectivity index (χ1n) is 8.03. The third-order valence-corrected chi connectivity index (χ3v) is 3.77. The lowest BCUT2D eigenvalue weighted by atomic mass is 10.2. The summed E-state index contributed by atoms with van der Waals surface area (Å²) >= 11 is 0. The van der Waals surface area contributed by atoms with E-state index in [4.69, 9.17) is 0 Å².